The number of allylic oxidation sites excluding steroid dienone is 1. The van der Waals surface area contributed by atoms with Gasteiger partial charge in [-0.05, 0) is 44.9 Å². The molecule has 3 atom stereocenters. The average Bonchev–Trinajstić information content (AvgIpc) is 2.02. The minimum absolute atomic E-state index is 0.525. The zero-order chi connectivity index (χ0) is 9.42. The van der Waals surface area contributed by atoms with Crippen LogP contribution in [0, 0.1) is 11.8 Å². The van der Waals surface area contributed by atoms with Crippen molar-refractivity contribution in [2.75, 3.05) is 6.61 Å². The minimum atomic E-state index is 0.525. The third kappa shape index (κ3) is 1.67. The van der Waals surface area contributed by atoms with Crippen molar-refractivity contribution in [3.63, 3.8) is 0 Å². The molecule has 2 bridgehead atoms. The van der Waals surface area contributed by atoms with Crippen LogP contribution in [0.5, 0.6) is 0 Å². The van der Waals surface area contributed by atoms with Gasteiger partial charge in [-0.1, -0.05) is 18.1 Å². The van der Waals surface area contributed by atoms with Gasteiger partial charge in [-0.15, -0.1) is 0 Å². The Morgan fingerprint density at radius 1 is 1.31 bits per heavy atom. The van der Waals surface area contributed by atoms with Crippen molar-refractivity contribution in [1.29, 1.82) is 0 Å². The molecule has 1 saturated heterocycles. The summed E-state index contributed by atoms with van der Waals surface area (Å²) < 4.78 is 5.81. The molecule has 1 saturated carbocycles. The molecule has 1 heterocycles. The Morgan fingerprint density at radius 3 is 2.69 bits per heavy atom. The molecule has 0 N–H and O–H groups in total. The Balaban J connectivity index is 2.17. The van der Waals surface area contributed by atoms with Gasteiger partial charge in [0.25, 0.3) is 0 Å². The standard InChI is InChI=1S/C12H20O/c1-8(2)11-6-10-4-5-13-12(7-11)9(10)3/h9-10,12H,4-7H2,1-3H3. The first kappa shape index (κ1) is 9.26. The number of ether oxygens (including phenoxy) is 1. The van der Waals surface area contributed by atoms with Crippen LogP contribution < -0.4 is 0 Å². The van der Waals surface area contributed by atoms with E-state index in [0.29, 0.717) is 6.10 Å². The van der Waals surface area contributed by atoms with Crippen LogP contribution in [0.25, 0.3) is 0 Å². The van der Waals surface area contributed by atoms with Crippen molar-refractivity contribution in [1.82, 2.24) is 0 Å². The first-order valence-electron chi connectivity index (χ1n) is 5.45. The fourth-order valence-electron chi connectivity index (χ4n) is 2.67. The van der Waals surface area contributed by atoms with Crippen molar-refractivity contribution < 1.29 is 4.74 Å². The molecule has 1 nitrogen and oxygen atoms in total. The number of rotatable bonds is 0. The van der Waals surface area contributed by atoms with Crippen molar-refractivity contribution in [3.05, 3.63) is 11.1 Å². The minimum Gasteiger partial charge on any atom is -0.378 e. The largest absolute Gasteiger partial charge is 0.378 e. The maximum atomic E-state index is 5.81. The van der Waals surface area contributed by atoms with Gasteiger partial charge >= 0.3 is 0 Å². The lowest BCUT2D eigenvalue weighted by atomic mass is 9.72. The quantitative estimate of drug-likeness (QED) is 0.520. The van der Waals surface area contributed by atoms with E-state index in [1.54, 1.807) is 5.57 Å². The monoisotopic (exact) mass is 180 g/mol. The smallest absolute Gasteiger partial charge is 0.0640 e. The molecule has 0 aromatic carbocycles. The van der Waals surface area contributed by atoms with Crippen LogP contribution in [0.3, 0.4) is 0 Å². The second kappa shape index (κ2) is 3.45. The number of hydrogen-bond acceptors (Lipinski definition) is 1. The van der Waals surface area contributed by atoms with Crippen LogP contribution in [0.2, 0.25) is 0 Å². The van der Waals surface area contributed by atoms with Gasteiger partial charge in [0.1, 0.15) is 0 Å². The van der Waals surface area contributed by atoms with Gasteiger partial charge in [0.15, 0.2) is 0 Å². The molecule has 1 heteroatoms. The van der Waals surface area contributed by atoms with Gasteiger partial charge in [0, 0.05) is 6.61 Å². The lowest BCUT2D eigenvalue weighted by Gasteiger charge is -2.42. The van der Waals surface area contributed by atoms with Crippen LogP contribution in [0.4, 0.5) is 0 Å². The van der Waals surface area contributed by atoms with Gasteiger partial charge in [-0.25, -0.2) is 0 Å². The molecule has 0 amide bonds. The molecule has 74 valence electrons. The number of hydrogen-bond donors (Lipinski definition) is 0. The van der Waals surface area contributed by atoms with E-state index >= 15 is 0 Å². The molecule has 0 aromatic heterocycles. The summed E-state index contributed by atoms with van der Waals surface area (Å²) >= 11 is 0. The summed E-state index contributed by atoms with van der Waals surface area (Å²) in [5.41, 5.74) is 3.18. The second-order valence-electron chi connectivity index (χ2n) is 4.83. The molecular weight excluding hydrogens is 160 g/mol. The van der Waals surface area contributed by atoms with E-state index in [1.807, 2.05) is 0 Å². The van der Waals surface area contributed by atoms with Crippen LogP contribution >= 0.6 is 0 Å². The lowest BCUT2D eigenvalue weighted by Crippen LogP contribution is -2.39. The summed E-state index contributed by atoms with van der Waals surface area (Å²) in [5.74, 6) is 1.69. The SMILES string of the molecule is CC(C)=C1CC2CCOC(C1)C2C. The van der Waals surface area contributed by atoms with Crippen molar-refractivity contribution in [2.45, 2.75) is 46.1 Å². The Morgan fingerprint density at radius 2 is 2.08 bits per heavy atom. The zero-order valence-electron chi connectivity index (χ0n) is 8.97. The lowest BCUT2D eigenvalue weighted by molar-refractivity contribution is -0.0630. The van der Waals surface area contributed by atoms with E-state index < -0.39 is 0 Å². The van der Waals surface area contributed by atoms with Gasteiger partial charge in [0.2, 0.25) is 0 Å². The van der Waals surface area contributed by atoms with Crippen molar-refractivity contribution in [3.8, 4) is 0 Å². The summed E-state index contributed by atoms with van der Waals surface area (Å²) in [6.45, 7) is 7.83. The van der Waals surface area contributed by atoms with E-state index in [-0.39, 0.29) is 0 Å². The normalized spacial score (nSPS) is 39.0. The van der Waals surface area contributed by atoms with Crippen LogP contribution in [0.15, 0.2) is 11.1 Å². The number of fused-ring (bicyclic) bond motifs is 2. The molecule has 0 aromatic rings. The molecule has 13 heavy (non-hydrogen) atoms. The van der Waals surface area contributed by atoms with E-state index in [9.17, 15) is 0 Å². The van der Waals surface area contributed by atoms with Gasteiger partial charge < -0.3 is 4.74 Å². The summed E-state index contributed by atoms with van der Waals surface area (Å²) in [6, 6.07) is 0. The molecule has 1 aliphatic carbocycles. The Labute approximate surface area is 81.2 Å². The van der Waals surface area contributed by atoms with Crippen LogP contribution in [0.1, 0.15) is 40.0 Å². The van der Waals surface area contributed by atoms with E-state index in [0.717, 1.165) is 18.4 Å². The van der Waals surface area contributed by atoms with Crippen molar-refractivity contribution in [2.24, 2.45) is 11.8 Å². The Hall–Kier alpha value is -0.300. The predicted octanol–water partition coefficient (Wildman–Crippen LogP) is 3.16. The predicted molar refractivity (Wildman–Crippen MR) is 54.6 cm³/mol. The van der Waals surface area contributed by atoms with Gasteiger partial charge in [0.05, 0.1) is 6.10 Å². The fraction of sp³-hybridized carbons (Fsp3) is 0.833. The summed E-state index contributed by atoms with van der Waals surface area (Å²) in [6.07, 6.45) is 4.33. The van der Waals surface area contributed by atoms with E-state index in [4.69, 9.17) is 4.74 Å². The highest BCUT2D eigenvalue weighted by Gasteiger charge is 2.36. The zero-order valence-corrected chi connectivity index (χ0v) is 8.97. The molecule has 2 fully saturated rings. The molecular formula is C12H20O. The van der Waals surface area contributed by atoms with Crippen LogP contribution in [-0.2, 0) is 4.74 Å². The third-order valence-corrected chi connectivity index (χ3v) is 3.81. The molecule has 2 aliphatic rings. The fourth-order valence-corrected chi connectivity index (χ4v) is 2.67. The van der Waals surface area contributed by atoms with Crippen molar-refractivity contribution >= 4 is 0 Å². The highest BCUT2D eigenvalue weighted by Crippen LogP contribution is 2.41. The maximum absolute atomic E-state index is 5.81. The topological polar surface area (TPSA) is 9.23 Å². The Bertz CT molecular complexity index is 209. The summed E-state index contributed by atoms with van der Waals surface area (Å²) in [4.78, 5) is 0. The maximum Gasteiger partial charge on any atom is 0.0640 e. The van der Waals surface area contributed by atoms with Gasteiger partial charge in [-0.2, -0.15) is 0 Å². The molecule has 1 aliphatic heterocycles. The van der Waals surface area contributed by atoms with Crippen LogP contribution in [-0.4, -0.2) is 12.7 Å². The summed E-state index contributed by atoms with van der Waals surface area (Å²) in [7, 11) is 0. The first-order chi connectivity index (χ1) is 6.18. The summed E-state index contributed by atoms with van der Waals surface area (Å²) in [5, 5.41) is 0. The molecule has 0 spiro atoms. The molecule has 3 unspecified atom stereocenters. The first-order valence-corrected chi connectivity index (χ1v) is 5.45. The third-order valence-electron chi connectivity index (χ3n) is 3.81. The van der Waals surface area contributed by atoms with E-state index in [1.165, 1.54) is 24.8 Å². The highest BCUT2D eigenvalue weighted by molar-refractivity contribution is 5.16. The Kier molecular flexibility index (Phi) is 2.46. The van der Waals surface area contributed by atoms with E-state index in [2.05, 4.69) is 20.8 Å². The average molecular weight is 180 g/mol. The molecule has 0 radical (unpaired) electrons. The highest BCUT2D eigenvalue weighted by atomic mass is 16.5. The second-order valence-corrected chi connectivity index (χ2v) is 4.83. The van der Waals surface area contributed by atoms with Gasteiger partial charge in [-0.3, -0.25) is 0 Å². The molecule has 2 rings (SSSR count).